The van der Waals surface area contributed by atoms with Crippen molar-refractivity contribution in [2.45, 2.75) is 51.1 Å². The molecular formula is C22H25N5O3. The molecular weight excluding hydrogens is 382 g/mol. The lowest BCUT2D eigenvalue weighted by Gasteiger charge is -2.36. The van der Waals surface area contributed by atoms with Crippen molar-refractivity contribution in [3.05, 3.63) is 57.5 Å². The van der Waals surface area contributed by atoms with Crippen LogP contribution < -0.4 is 5.56 Å². The zero-order valence-electron chi connectivity index (χ0n) is 16.8. The van der Waals surface area contributed by atoms with Gasteiger partial charge >= 0.3 is 0 Å². The molecule has 30 heavy (non-hydrogen) atoms. The Balaban J connectivity index is 1.42. The Bertz CT molecular complexity index is 1030. The molecule has 8 heteroatoms. The predicted molar refractivity (Wildman–Crippen MR) is 109 cm³/mol. The highest BCUT2D eigenvalue weighted by Gasteiger charge is 2.36. The molecule has 5 rings (SSSR count). The van der Waals surface area contributed by atoms with Crippen LogP contribution in [0.5, 0.6) is 0 Å². The fourth-order valence-corrected chi connectivity index (χ4v) is 4.50. The van der Waals surface area contributed by atoms with Crippen LogP contribution in [-0.2, 0) is 17.8 Å². The minimum Gasteiger partial charge on any atom is -0.337 e. The number of H-pyrrole nitrogens is 1. The number of hydrogen-bond acceptors (Lipinski definition) is 5. The van der Waals surface area contributed by atoms with E-state index in [0.717, 1.165) is 37.8 Å². The average molecular weight is 407 g/mol. The lowest BCUT2D eigenvalue weighted by molar-refractivity contribution is -0.133. The number of aromatic nitrogens is 3. The van der Waals surface area contributed by atoms with Crippen molar-refractivity contribution in [2.24, 2.45) is 5.92 Å². The van der Waals surface area contributed by atoms with E-state index < -0.39 is 0 Å². The van der Waals surface area contributed by atoms with Crippen LogP contribution in [0.1, 0.15) is 65.6 Å². The number of rotatable bonds is 3. The highest BCUT2D eigenvalue weighted by Crippen LogP contribution is 2.33. The molecule has 2 fully saturated rings. The average Bonchev–Trinajstić information content (AvgIpc) is 3.64. The monoisotopic (exact) mass is 407 g/mol. The van der Waals surface area contributed by atoms with E-state index in [4.69, 9.17) is 4.98 Å². The van der Waals surface area contributed by atoms with Crippen molar-refractivity contribution in [2.75, 3.05) is 13.1 Å². The molecule has 156 valence electrons. The molecule has 0 unspecified atom stereocenters. The summed E-state index contributed by atoms with van der Waals surface area (Å²) >= 11 is 0. The lowest BCUT2D eigenvalue weighted by atomic mass is 9.99. The van der Waals surface area contributed by atoms with Crippen LogP contribution in [0.3, 0.4) is 0 Å². The summed E-state index contributed by atoms with van der Waals surface area (Å²) < 4.78 is 0. The number of hydrogen-bond donors (Lipinski definition) is 1. The molecule has 1 atom stereocenters. The number of carbonyl (C=O) groups excluding carboxylic acids is 2. The number of carbonyl (C=O) groups is 2. The Morgan fingerprint density at radius 1 is 1.07 bits per heavy atom. The highest BCUT2D eigenvalue weighted by molar-refractivity contribution is 5.94. The van der Waals surface area contributed by atoms with E-state index in [1.807, 2.05) is 4.90 Å². The summed E-state index contributed by atoms with van der Waals surface area (Å²) in [6.45, 7) is 1.57. The van der Waals surface area contributed by atoms with Gasteiger partial charge in [-0.1, -0.05) is 0 Å². The minimum absolute atomic E-state index is 0.0660. The minimum atomic E-state index is -0.247. The first-order chi connectivity index (χ1) is 14.6. The van der Waals surface area contributed by atoms with Gasteiger partial charge in [0.25, 0.3) is 11.5 Å². The van der Waals surface area contributed by atoms with E-state index in [-0.39, 0.29) is 29.3 Å². The van der Waals surface area contributed by atoms with Gasteiger partial charge in [0.1, 0.15) is 5.82 Å². The highest BCUT2D eigenvalue weighted by atomic mass is 16.2. The summed E-state index contributed by atoms with van der Waals surface area (Å²) in [4.78, 5) is 53.7. The van der Waals surface area contributed by atoms with Crippen LogP contribution in [0.4, 0.5) is 0 Å². The van der Waals surface area contributed by atoms with Crippen molar-refractivity contribution in [1.29, 1.82) is 0 Å². The first-order valence-corrected chi connectivity index (χ1v) is 10.7. The molecule has 0 radical (unpaired) electrons. The molecule has 2 aliphatic heterocycles. The van der Waals surface area contributed by atoms with Crippen LogP contribution in [0.25, 0.3) is 0 Å². The summed E-state index contributed by atoms with van der Waals surface area (Å²) in [6.07, 6.45) is 8.40. The third-order valence-electron chi connectivity index (χ3n) is 6.33. The Labute approximate surface area is 174 Å². The molecule has 0 spiro atoms. The van der Waals surface area contributed by atoms with Gasteiger partial charge in [-0.25, -0.2) is 4.98 Å². The van der Waals surface area contributed by atoms with Gasteiger partial charge in [0.2, 0.25) is 5.91 Å². The van der Waals surface area contributed by atoms with Gasteiger partial charge in [-0.2, -0.15) is 0 Å². The van der Waals surface area contributed by atoms with Crippen molar-refractivity contribution in [1.82, 2.24) is 24.8 Å². The lowest BCUT2D eigenvalue weighted by Crippen LogP contribution is -2.43. The van der Waals surface area contributed by atoms with E-state index in [2.05, 4.69) is 9.97 Å². The van der Waals surface area contributed by atoms with Crippen molar-refractivity contribution in [3.8, 4) is 0 Å². The zero-order chi connectivity index (χ0) is 20.7. The maximum Gasteiger partial charge on any atom is 0.256 e. The molecule has 0 aromatic carbocycles. The number of aromatic amines is 1. The van der Waals surface area contributed by atoms with E-state index in [9.17, 15) is 14.4 Å². The predicted octanol–water partition coefficient (Wildman–Crippen LogP) is 1.83. The smallest absolute Gasteiger partial charge is 0.256 e. The number of fused-ring (bicyclic) bond motifs is 1. The van der Waals surface area contributed by atoms with Gasteiger partial charge in [-0.3, -0.25) is 19.4 Å². The zero-order valence-corrected chi connectivity index (χ0v) is 16.8. The molecule has 2 aromatic heterocycles. The van der Waals surface area contributed by atoms with E-state index in [1.54, 1.807) is 29.4 Å². The van der Waals surface area contributed by atoms with Gasteiger partial charge in [-0.05, 0) is 44.2 Å². The number of amides is 2. The molecule has 2 amide bonds. The summed E-state index contributed by atoms with van der Waals surface area (Å²) in [6, 6.07) is 3.17. The first-order valence-electron chi connectivity index (χ1n) is 10.7. The topological polar surface area (TPSA) is 99.3 Å². The Morgan fingerprint density at radius 3 is 2.63 bits per heavy atom. The van der Waals surface area contributed by atoms with Crippen molar-refractivity contribution >= 4 is 11.8 Å². The SMILES string of the molecule is O=C(C1CC1)N1CCc2nc([C@H]3CCCCN3C(=O)c3ccncc3)[nH]c(=O)c2C1. The second-order valence-corrected chi connectivity index (χ2v) is 8.41. The Kier molecular flexibility index (Phi) is 4.84. The molecule has 1 saturated carbocycles. The summed E-state index contributed by atoms with van der Waals surface area (Å²) in [7, 11) is 0. The maximum absolute atomic E-state index is 13.1. The second kappa shape index (κ2) is 7.66. The fraction of sp³-hybridized carbons (Fsp3) is 0.500. The number of piperidine rings is 1. The van der Waals surface area contributed by atoms with Crippen molar-refractivity contribution in [3.63, 3.8) is 0 Å². The van der Waals surface area contributed by atoms with Gasteiger partial charge in [-0.15, -0.1) is 0 Å². The number of nitrogens with one attached hydrogen (secondary N) is 1. The normalized spacial score (nSPS) is 21.3. The summed E-state index contributed by atoms with van der Waals surface area (Å²) in [5, 5.41) is 0. The summed E-state index contributed by atoms with van der Waals surface area (Å²) in [5.41, 5.74) is 1.74. The van der Waals surface area contributed by atoms with Gasteiger partial charge in [0.15, 0.2) is 0 Å². The van der Waals surface area contributed by atoms with Crippen LogP contribution in [-0.4, -0.2) is 49.7 Å². The molecule has 1 N–H and O–H groups in total. The molecule has 4 heterocycles. The van der Waals surface area contributed by atoms with E-state index >= 15 is 0 Å². The third-order valence-corrected chi connectivity index (χ3v) is 6.33. The van der Waals surface area contributed by atoms with E-state index in [1.165, 1.54) is 0 Å². The van der Waals surface area contributed by atoms with Crippen LogP contribution in [0, 0.1) is 5.92 Å². The number of likely N-dealkylation sites (tertiary alicyclic amines) is 1. The summed E-state index contributed by atoms with van der Waals surface area (Å²) in [5.74, 6) is 0.796. The van der Waals surface area contributed by atoms with E-state index in [0.29, 0.717) is 43.0 Å². The quantitative estimate of drug-likeness (QED) is 0.837. The van der Waals surface area contributed by atoms with Crippen LogP contribution in [0.15, 0.2) is 29.3 Å². The molecule has 8 nitrogen and oxygen atoms in total. The van der Waals surface area contributed by atoms with Gasteiger partial charge < -0.3 is 14.8 Å². The first kappa shape index (κ1) is 19.0. The third kappa shape index (κ3) is 3.51. The molecule has 0 bridgehead atoms. The van der Waals surface area contributed by atoms with Gasteiger partial charge in [0.05, 0.1) is 23.8 Å². The fourth-order valence-electron chi connectivity index (χ4n) is 4.50. The van der Waals surface area contributed by atoms with Gasteiger partial charge in [0, 0.05) is 43.4 Å². The standard InChI is InChI=1S/C22H25N5O3/c28-20-16-13-26(21(29)14-4-5-14)12-8-17(16)24-19(25-20)18-3-1-2-11-27(18)22(30)15-6-9-23-10-7-15/h6-7,9-10,14,18H,1-5,8,11-13H2,(H,24,25,28)/t18-/m1/s1. The molecule has 2 aromatic rings. The molecule has 3 aliphatic rings. The van der Waals surface area contributed by atoms with Crippen molar-refractivity contribution < 1.29 is 9.59 Å². The Hall–Kier alpha value is -3.03. The largest absolute Gasteiger partial charge is 0.337 e. The molecule has 1 saturated heterocycles. The van der Waals surface area contributed by atoms with Crippen LogP contribution in [0.2, 0.25) is 0 Å². The second-order valence-electron chi connectivity index (χ2n) is 8.41. The Morgan fingerprint density at radius 2 is 1.87 bits per heavy atom. The molecule has 1 aliphatic carbocycles. The van der Waals surface area contributed by atoms with Crippen LogP contribution >= 0.6 is 0 Å². The number of pyridine rings is 1. The maximum atomic E-state index is 13.1. The number of nitrogens with zero attached hydrogens (tertiary/aromatic N) is 4.